The summed E-state index contributed by atoms with van der Waals surface area (Å²) in [5.41, 5.74) is -0.432. The highest BCUT2D eigenvalue weighted by molar-refractivity contribution is 6.31. The summed E-state index contributed by atoms with van der Waals surface area (Å²) < 4.78 is 0. The molecule has 0 fully saturated rings. The normalized spacial score (nSPS) is 12.3. The van der Waals surface area contributed by atoms with Crippen LogP contribution < -0.4 is 5.32 Å². The van der Waals surface area contributed by atoms with E-state index in [9.17, 15) is 14.9 Å². The van der Waals surface area contributed by atoms with Gasteiger partial charge in [0.25, 0.3) is 11.6 Å². The van der Waals surface area contributed by atoms with E-state index in [1.54, 1.807) is 0 Å². The molecule has 0 bridgehead atoms. The lowest BCUT2D eigenvalue weighted by molar-refractivity contribution is -0.385. The molecule has 0 aliphatic carbocycles. The fraction of sp³-hybridized carbons (Fsp3) is 0.417. The Balaban J connectivity index is 3.03. The van der Waals surface area contributed by atoms with Crippen LogP contribution in [0, 0.1) is 16.0 Å². The number of carbonyl (C=O) groups is 1. The van der Waals surface area contributed by atoms with Crippen molar-refractivity contribution in [2.45, 2.75) is 19.9 Å². The fourth-order valence-corrected chi connectivity index (χ4v) is 1.68. The highest BCUT2D eigenvalue weighted by Crippen LogP contribution is 2.23. The monoisotopic (exact) mass is 286 g/mol. The SMILES string of the molecule is CC(C)C(CO)NC(=O)c1ccc(Cl)cc1[N+](=O)[O-]. The first-order valence-electron chi connectivity index (χ1n) is 5.72. The van der Waals surface area contributed by atoms with Crippen molar-refractivity contribution in [3.63, 3.8) is 0 Å². The van der Waals surface area contributed by atoms with Gasteiger partial charge in [0.2, 0.25) is 0 Å². The van der Waals surface area contributed by atoms with Crippen molar-refractivity contribution in [2.24, 2.45) is 5.92 Å². The van der Waals surface area contributed by atoms with Gasteiger partial charge in [-0.25, -0.2) is 0 Å². The molecule has 0 spiro atoms. The Morgan fingerprint density at radius 2 is 2.16 bits per heavy atom. The number of amides is 1. The van der Waals surface area contributed by atoms with Gasteiger partial charge in [-0.15, -0.1) is 0 Å². The highest BCUT2D eigenvalue weighted by atomic mass is 35.5. The Hall–Kier alpha value is -1.66. The summed E-state index contributed by atoms with van der Waals surface area (Å²) >= 11 is 5.67. The lowest BCUT2D eigenvalue weighted by Crippen LogP contribution is -2.41. The third-order valence-electron chi connectivity index (χ3n) is 2.72. The van der Waals surface area contributed by atoms with E-state index in [2.05, 4.69) is 5.32 Å². The number of halogens is 1. The quantitative estimate of drug-likeness (QED) is 0.639. The molecule has 0 heterocycles. The molecule has 1 unspecified atom stereocenters. The minimum Gasteiger partial charge on any atom is -0.394 e. The molecule has 7 heteroatoms. The second kappa shape index (κ2) is 6.49. The van der Waals surface area contributed by atoms with E-state index in [0.717, 1.165) is 6.07 Å². The first-order chi connectivity index (χ1) is 8.86. The number of hydrogen-bond donors (Lipinski definition) is 2. The molecule has 1 aromatic rings. The Morgan fingerprint density at radius 1 is 1.53 bits per heavy atom. The maximum absolute atomic E-state index is 12.0. The number of nitro groups is 1. The minimum atomic E-state index is -0.663. The summed E-state index contributed by atoms with van der Waals surface area (Å²) in [4.78, 5) is 22.2. The topological polar surface area (TPSA) is 92.5 Å². The van der Waals surface area contributed by atoms with Crippen LogP contribution in [0.3, 0.4) is 0 Å². The average molecular weight is 287 g/mol. The van der Waals surface area contributed by atoms with Crippen molar-refractivity contribution in [2.75, 3.05) is 6.61 Å². The summed E-state index contributed by atoms with van der Waals surface area (Å²) in [5, 5.41) is 22.8. The highest BCUT2D eigenvalue weighted by Gasteiger charge is 2.23. The summed E-state index contributed by atoms with van der Waals surface area (Å²) in [7, 11) is 0. The maximum Gasteiger partial charge on any atom is 0.283 e. The van der Waals surface area contributed by atoms with Gasteiger partial charge in [-0.1, -0.05) is 25.4 Å². The summed E-state index contributed by atoms with van der Waals surface area (Å²) in [5.74, 6) is -0.587. The van der Waals surface area contributed by atoms with Crippen molar-refractivity contribution < 1.29 is 14.8 Å². The maximum atomic E-state index is 12.0. The zero-order chi connectivity index (χ0) is 14.6. The van der Waals surface area contributed by atoms with E-state index in [1.165, 1.54) is 12.1 Å². The third kappa shape index (κ3) is 3.90. The lowest BCUT2D eigenvalue weighted by atomic mass is 10.0. The second-order valence-corrected chi connectivity index (χ2v) is 4.86. The van der Waals surface area contributed by atoms with Gasteiger partial charge in [-0.2, -0.15) is 0 Å². The molecular formula is C12H15ClN2O4. The molecule has 0 aromatic heterocycles. The van der Waals surface area contributed by atoms with Gasteiger partial charge in [0.15, 0.2) is 0 Å². The number of aliphatic hydroxyl groups is 1. The van der Waals surface area contributed by atoms with Crippen LogP contribution in [0.1, 0.15) is 24.2 Å². The van der Waals surface area contributed by atoms with Gasteiger partial charge >= 0.3 is 0 Å². The summed E-state index contributed by atoms with van der Waals surface area (Å²) in [6.07, 6.45) is 0. The van der Waals surface area contributed by atoms with Crippen molar-refractivity contribution in [3.8, 4) is 0 Å². The van der Waals surface area contributed by atoms with E-state index >= 15 is 0 Å². The summed E-state index contributed by atoms with van der Waals surface area (Å²) in [6, 6.07) is 3.37. The Bertz CT molecular complexity index is 491. The average Bonchev–Trinajstić information content (AvgIpc) is 2.34. The number of benzene rings is 1. The predicted molar refractivity (Wildman–Crippen MR) is 71.3 cm³/mol. The third-order valence-corrected chi connectivity index (χ3v) is 2.95. The molecule has 1 aromatic carbocycles. The lowest BCUT2D eigenvalue weighted by Gasteiger charge is -2.19. The number of nitrogens with zero attached hydrogens (tertiary/aromatic N) is 1. The van der Waals surface area contributed by atoms with E-state index in [1.807, 2.05) is 13.8 Å². The fourth-order valence-electron chi connectivity index (χ4n) is 1.52. The summed E-state index contributed by atoms with van der Waals surface area (Å²) in [6.45, 7) is 3.43. The molecule has 6 nitrogen and oxygen atoms in total. The first kappa shape index (κ1) is 15.4. The number of nitro benzene ring substituents is 1. The van der Waals surface area contributed by atoms with Crippen LogP contribution in [0.2, 0.25) is 5.02 Å². The van der Waals surface area contributed by atoms with Crippen LogP contribution in [0.15, 0.2) is 18.2 Å². The van der Waals surface area contributed by atoms with E-state index in [-0.39, 0.29) is 28.8 Å². The van der Waals surface area contributed by atoms with Gasteiger partial charge in [-0.3, -0.25) is 14.9 Å². The molecule has 1 amide bonds. The number of nitrogens with one attached hydrogen (secondary N) is 1. The molecule has 0 saturated carbocycles. The van der Waals surface area contributed by atoms with Crippen molar-refractivity contribution in [1.82, 2.24) is 5.32 Å². The van der Waals surface area contributed by atoms with Crippen LogP contribution in [-0.4, -0.2) is 28.6 Å². The molecule has 0 radical (unpaired) electrons. The molecular weight excluding hydrogens is 272 g/mol. The molecule has 104 valence electrons. The Morgan fingerprint density at radius 3 is 2.63 bits per heavy atom. The van der Waals surface area contributed by atoms with Gasteiger partial charge < -0.3 is 10.4 Å². The van der Waals surface area contributed by atoms with Crippen LogP contribution in [0.4, 0.5) is 5.69 Å². The van der Waals surface area contributed by atoms with Gasteiger partial charge in [0.1, 0.15) is 5.56 Å². The van der Waals surface area contributed by atoms with E-state index < -0.39 is 16.9 Å². The second-order valence-electron chi connectivity index (χ2n) is 4.43. The number of rotatable bonds is 5. The van der Waals surface area contributed by atoms with Crippen LogP contribution in [0.5, 0.6) is 0 Å². The Kier molecular flexibility index (Phi) is 5.26. The zero-order valence-electron chi connectivity index (χ0n) is 10.6. The first-order valence-corrected chi connectivity index (χ1v) is 6.10. The zero-order valence-corrected chi connectivity index (χ0v) is 11.3. The van der Waals surface area contributed by atoms with E-state index in [4.69, 9.17) is 16.7 Å². The largest absolute Gasteiger partial charge is 0.394 e. The van der Waals surface area contributed by atoms with E-state index in [0.29, 0.717) is 0 Å². The van der Waals surface area contributed by atoms with Gasteiger partial charge in [0.05, 0.1) is 17.6 Å². The number of hydrogen-bond acceptors (Lipinski definition) is 4. The predicted octanol–water partition coefficient (Wildman–Crippen LogP) is 1.99. The van der Waals surface area contributed by atoms with Gasteiger partial charge in [0, 0.05) is 11.1 Å². The molecule has 0 aliphatic rings. The minimum absolute atomic E-state index is 0.0142. The molecule has 0 aliphatic heterocycles. The molecule has 2 N–H and O–H groups in total. The number of aliphatic hydroxyl groups excluding tert-OH is 1. The molecule has 19 heavy (non-hydrogen) atoms. The molecule has 0 saturated heterocycles. The van der Waals surface area contributed by atoms with Crippen molar-refractivity contribution >= 4 is 23.2 Å². The van der Waals surface area contributed by atoms with Gasteiger partial charge in [-0.05, 0) is 18.1 Å². The number of carbonyl (C=O) groups excluding carboxylic acids is 1. The van der Waals surface area contributed by atoms with Crippen LogP contribution in [0.25, 0.3) is 0 Å². The Labute approximate surface area is 115 Å². The van der Waals surface area contributed by atoms with Crippen molar-refractivity contribution in [1.29, 1.82) is 0 Å². The molecule has 1 rings (SSSR count). The molecule has 1 atom stereocenters. The van der Waals surface area contributed by atoms with Crippen LogP contribution in [-0.2, 0) is 0 Å². The van der Waals surface area contributed by atoms with Crippen LogP contribution >= 0.6 is 11.6 Å². The standard InChI is InChI=1S/C12H15ClN2O4/c1-7(2)10(6-16)14-12(17)9-4-3-8(13)5-11(9)15(18)19/h3-5,7,10,16H,6H2,1-2H3,(H,14,17). The van der Waals surface area contributed by atoms with Crippen molar-refractivity contribution in [3.05, 3.63) is 38.9 Å². The smallest absolute Gasteiger partial charge is 0.283 e.